The summed E-state index contributed by atoms with van der Waals surface area (Å²) in [5, 5.41) is 8.72. The number of fused-ring (bicyclic) bond motifs is 1. The lowest BCUT2D eigenvalue weighted by molar-refractivity contribution is 0.632. The summed E-state index contributed by atoms with van der Waals surface area (Å²) in [6.07, 6.45) is 3.17. The lowest BCUT2D eigenvalue weighted by Crippen LogP contribution is -2.21. The predicted octanol–water partition coefficient (Wildman–Crippen LogP) is 1.34. The van der Waals surface area contributed by atoms with Gasteiger partial charge in [0.05, 0.1) is 30.0 Å². The molecule has 0 unspecified atom stereocenters. The molecule has 7 heteroatoms. The predicted molar refractivity (Wildman–Crippen MR) is 73.8 cm³/mol. The van der Waals surface area contributed by atoms with E-state index in [2.05, 4.69) is 31.1 Å². The monoisotopic (exact) mass is 319 g/mol. The normalized spacial score (nSPS) is 11.1. The van der Waals surface area contributed by atoms with Crippen molar-refractivity contribution in [1.29, 1.82) is 0 Å². The van der Waals surface area contributed by atoms with E-state index in [9.17, 15) is 4.79 Å². The molecular formula is C12H10BrN5O. The van der Waals surface area contributed by atoms with Crippen molar-refractivity contribution in [2.75, 3.05) is 0 Å². The minimum Gasteiger partial charge on any atom is -0.292 e. The first-order valence-electron chi connectivity index (χ1n) is 5.64. The van der Waals surface area contributed by atoms with Crippen LogP contribution in [0.4, 0.5) is 0 Å². The summed E-state index contributed by atoms with van der Waals surface area (Å²) in [5.41, 5.74) is 1.30. The van der Waals surface area contributed by atoms with Gasteiger partial charge in [-0.1, -0.05) is 6.07 Å². The zero-order chi connectivity index (χ0) is 13.4. The SMILES string of the molecule is Cn1ncc(Cn2cnc3cccc(Br)c3c2=O)n1. The van der Waals surface area contributed by atoms with E-state index in [1.165, 1.54) is 15.7 Å². The smallest absolute Gasteiger partial charge is 0.262 e. The Labute approximate surface area is 116 Å². The summed E-state index contributed by atoms with van der Waals surface area (Å²) in [6, 6.07) is 5.50. The van der Waals surface area contributed by atoms with Crippen molar-refractivity contribution in [2.45, 2.75) is 6.54 Å². The summed E-state index contributed by atoms with van der Waals surface area (Å²) < 4.78 is 2.27. The fourth-order valence-corrected chi connectivity index (χ4v) is 2.43. The maximum absolute atomic E-state index is 12.4. The van der Waals surface area contributed by atoms with Crippen LogP contribution in [0.5, 0.6) is 0 Å². The number of nitrogens with zero attached hydrogens (tertiary/aromatic N) is 5. The maximum atomic E-state index is 12.4. The van der Waals surface area contributed by atoms with Gasteiger partial charge in [-0.05, 0) is 28.1 Å². The zero-order valence-corrected chi connectivity index (χ0v) is 11.7. The average molecular weight is 320 g/mol. The van der Waals surface area contributed by atoms with Crippen molar-refractivity contribution in [3.05, 3.63) is 51.2 Å². The molecule has 0 fully saturated rings. The highest BCUT2D eigenvalue weighted by Gasteiger charge is 2.08. The van der Waals surface area contributed by atoms with Gasteiger partial charge in [-0.3, -0.25) is 9.36 Å². The topological polar surface area (TPSA) is 65.6 Å². The van der Waals surface area contributed by atoms with Gasteiger partial charge in [-0.2, -0.15) is 15.0 Å². The minimum absolute atomic E-state index is 0.0943. The van der Waals surface area contributed by atoms with Gasteiger partial charge in [0.2, 0.25) is 0 Å². The molecular weight excluding hydrogens is 310 g/mol. The van der Waals surface area contributed by atoms with Crippen molar-refractivity contribution in [3.8, 4) is 0 Å². The van der Waals surface area contributed by atoms with Crippen LogP contribution >= 0.6 is 15.9 Å². The molecule has 3 rings (SSSR count). The fraction of sp³-hybridized carbons (Fsp3) is 0.167. The van der Waals surface area contributed by atoms with Gasteiger partial charge in [0.25, 0.3) is 5.56 Å². The molecule has 0 atom stereocenters. The van der Waals surface area contributed by atoms with Gasteiger partial charge >= 0.3 is 0 Å². The Kier molecular flexibility index (Phi) is 2.90. The van der Waals surface area contributed by atoms with Gasteiger partial charge < -0.3 is 0 Å². The molecule has 0 bridgehead atoms. The number of hydrogen-bond donors (Lipinski definition) is 0. The zero-order valence-electron chi connectivity index (χ0n) is 10.1. The second kappa shape index (κ2) is 4.58. The first-order chi connectivity index (χ1) is 9.15. The number of aryl methyl sites for hydroxylation is 1. The van der Waals surface area contributed by atoms with Crippen LogP contribution in [-0.2, 0) is 13.6 Å². The molecule has 0 aliphatic heterocycles. The first kappa shape index (κ1) is 12.0. The van der Waals surface area contributed by atoms with E-state index in [-0.39, 0.29) is 5.56 Å². The van der Waals surface area contributed by atoms with E-state index in [0.29, 0.717) is 17.4 Å². The van der Waals surface area contributed by atoms with Crippen LogP contribution in [0.1, 0.15) is 5.69 Å². The molecule has 0 aliphatic carbocycles. The summed E-state index contributed by atoms with van der Waals surface area (Å²) >= 11 is 3.39. The van der Waals surface area contributed by atoms with Crippen LogP contribution < -0.4 is 5.56 Å². The quantitative estimate of drug-likeness (QED) is 0.715. The van der Waals surface area contributed by atoms with Gasteiger partial charge in [0, 0.05) is 11.5 Å². The van der Waals surface area contributed by atoms with Crippen molar-refractivity contribution >= 4 is 26.8 Å². The first-order valence-corrected chi connectivity index (χ1v) is 6.43. The molecule has 2 aromatic heterocycles. The summed E-state index contributed by atoms with van der Waals surface area (Å²) in [4.78, 5) is 18.1. The third-order valence-electron chi connectivity index (χ3n) is 2.78. The molecule has 6 nitrogen and oxygen atoms in total. The molecule has 96 valence electrons. The molecule has 0 radical (unpaired) electrons. The lowest BCUT2D eigenvalue weighted by atomic mass is 10.2. The van der Waals surface area contributed by atoms with Crippen molar-refractivity contribution in [3.63, 3.8) is 0 Å². The Hall–Kier alpha value is -2.02. The lowest BCUT2D eigenvalue weighted by Gasteiger charge is -2.05. The molecule has 0 saturated heterocycles. The molecule has 0 saturated carbocycles. The van der Waals surface area contributed by atoms with Crippen LogP contribution in [0.25, 0.3) is 10.9 Å². The molecule has 3 aromatic rings. The van der Waals surface area contributed by atoms with Crippen LogP contribution in [0.3, 0.4) is 0 Å². The van der Waals surface area contributed by atoms with E-state index in [1.54, 1.807) is 13.2 Å². The minimum atomic E-state index is -0.0943. The highest BCUT2D eigenvalue weighted by Crippen LogP contribution is 2.18. The third-order valence-corrected chi connectivity index (χ3v) is 3.44. The molecule has 19 heavy (non-hydrogen) atoms. The molecule has 2 heterocycles. The van der Waals surface area contributed by atoms with Gasteiger partial charge in [0.15, 0.2) is 0 Å². The van der Waals surface area contributed by atoms with Gasteiger partial charge in [0.1, 0.15) is 5.69 Å². The molecule has 0 N–H and O–H groups in total. The van der Waals surface area contributed by atoms with Gasteiger partial charge in [-0.25, -0.2) is 4.98 Å². The Bertz CT molecular complexity index is 807. The second-order valence-corrected chi connectivity index (χ2v) is 4.99. The van der Waals surface area contributed by atoms with Crippen LogP contribution in [-0.4, -0.2) is 24.5 Å². The highest BCUT2D eigenvalue weighted by atomic mass is 79.9. The van der Waals surface area contributed by atoms with Crippen molar-refractivity contribution in [2.24, 2.45) is 7.05 Å². The maximum Gasteiger partial charge on any atom is 0.262 e. The third kappa shape index (κ3) is 2.17. The fourth-order valence-electron chi connectivity index (χ4n) is 1.91. The standard InChI is InChI=1S/C12H10BrN5O/c1-17-15-5-8(16-17)6-18-7-14-10-4-2-3-9(13)11(10)12(18)19/h2-5,7H,6H2,1H3. The Morgan fingerprint density at radius 1 is 1.37 bits per heavy atom. The summed E-state index contributed by atoms with van der Waals surface area (Å²) in [7, 11) is 1.74. The number of hydrogen-bond acceptors (Lipinski definition) is 4. The average Bonchev–Trinajstić information content (AvgIpc) is 2.78. The van der Waals surface area contributed by atoms with E-state index >= 15 is 0 Å². The Morgan fingerprint density at radius 2 is 2.21 bits per heavy atom. The number of aromatic nitrogens is 5. The molecule has 0 spiro atoms. The van der Waals surface area contributed by atoms with Crippen LogP contribution in [0.2, 0.25) is 0 Å². The van der Waals surface area contributed by atoms with Crippen LogP contribution in [0.15, 0.2) is 40.0 Å². The molecule has 1 aromatic carbocycles. The van der Waals surface area contributed by atoms with Crippen molar-refractivity contribution in [1.82, 2.24) is 24.5 Å². The van der Waals surface area contributed by atoms with E-state index in [0.717, 1.165) is 10.2 Å². The second-order valence-electron chi connectivity index (χ2n) is 4.14. The van der Waals surface area contributed by atoms with E-state index in [1.807, 2.05) is 18.2 Å². The van der Waals surface area contributed by atoms with Gasteiger partial charge in [-0.15, -0.1) is 0 Å². The summed E-state index contributed by atoms with van der Waals surface area (Å²) in [5.74, 6) is 0. The number of halogens is 1. The van der Waals surface area contributed by atoms with Crippen molar-refractivity contribution < 1.29 is 0 Å². The molecule has 0 amide bonds. The number of rotatable bonds is 2. The molecule has 0 aliphatic rings. The summed E-state index contributed by atoms with van der Waals surface area (Å²) in [6.45, 7) is 0.358. The van der Waals surface area contributed by atoms with Crippen LogP contribution in [0, 0.1) is 0 Å². The Balaban J connectivity index is 2.13. The van der Waals surface area contributed by atoms with E-state index < -0.39 is 0 Å². The highest BCUT2D eigenvalue weighted by molar-refractivity contribution is 9.10. The number of benzene rings is 1. The van der Waals surface area contributed by atoms with E-state index in [4.69, 9.17) is 0 Å². The Morgan fingerprint density at radius 3 is 2.95 bits per heavy atom. The largest absolute Gasteiger partial charge is 0.292 e.